The highest BCUT2D eigenvalue weighted by Gasteiger charge is 2.19. The summed E-state index contributed by atoms with van der Waals surface area (Å²) in [7, 11) is 1.65. The SMILES string of the molecule is COc1ccc(Cn2cc(-c3ncccc3-c3nc(-n4cnc5cc(N/C(N)=C/C=C(/C)N)ccc54)ccc3C(C)=O)cn2)cc1. The number of aromatic nitrogens is 6. The Morgan fingerprint density at radius 2 is 1.80 bits per heavy atom. The van der Waals surface area contributed by atoms with Gasteiger partial charge in [0.2, 0.25) is 0 Å². The molecule has 0 bridgehead atoms. The number of hydrogen-bond acceptors (Lipinski definition) is 9. The van der Waals surface area contributed by atoms with Gasteiger partial charge in [0.25, 0.3) is 0 Å². The molecule has 0 unspecified atom stereocenters. The first-order chi connectivity index (χ1) is 22.3. The van der Waals surface area contributed by atoms with E-state index in [0.29, 0.717) is 40.8 Å². The van der Waals surface area contributed by atoms with E-state index in [2.05, 4.69) is 15.4 Å². The molecule has 0 spiro atoms. The summed E-state index contributed by atoms with van der Waals surface area (Å²) in [4.78, 5) is 27.1. The summed E-state index contributed by atoms with van der Waals surface area (Å²) in [6, 6.07) is 21.0. The Morgan fingerprint density at radius 3 is 2.57 bits per heavy atom. The van der Waals surface area contributed by atoms with Gasteiger partial charge in [0.1, 0.15) is 23.7 Å². The average Bonchev–Trinajstić information content (AvgIpc) is 3.71. The van der Waals surface area contributed by atoms with Gasteiger partial charge in [-0.1, -0.05) is 12.1 Å². The number of imidazole rings is 1. The lowest BCUT2D eigenvalue weighted by atomic mass is 9.99. The van der Waals surface area contributed by atoms with Crippen molar-refractivity contribution >= 4 is 22.5 Å². The number of carbonyl (C=O) groups is 1. The topological polar surface area (TPSA) is 152 Å². The van der Waals surface area contributed by atoms with Crippen LogP contribution in [0.1, 0.15) is 29.8 Å². The van der Waals surface area contributed by atoms with Gasteiger partial charge in [0.15, 0.2) is 5.78 Å². The summed E-state index contributed by atoms with van der Waals surface area (Å²) in [5.74, 6) is 1.76. The monoisotopic (exact) mass is 611 g/mol. The number of anilines is 1. The smallest absolute Gasteiger partial charge is 0.161 e. The highest BCUT2D eigenvalue weighted by atomic mass is 16.5. The van der Waals surface area contributed by atoms with Crippen molar-refractivity contribution in [2.24, 2.45) is 11.5 Å². The molecule has 6 rings (SSSR count). The number of nitrogens with one attached hydrogen (secondary N) is 1. The van der Waals surface area contributed by atoms with Crippen molar-refractivity contribution in [2.75, 3.05) is 12.4 Å². The van der Waals surface area contributed by atoms with E-state index in [1.165, 1.54) is 6.92 Å². The number of Topliss-reactive ketones (excluding diaryl/α,β-unsaturated/α-hetero) is 1. The Labute approximate surface area is 265 Å². The first-order valence-electron chi connectivity index (χ1n) is 14.6. The number of methoxy groups -OCH3 is 1. The molecule has 11 nitrogen and oxygen atoms in total. The van der Waals surface area contributed by atoms with E-state index >= 15 is 0 Å². The summed E-state index contributed by atoms with van der Waals surface area (Å²) in [5.41, 5.74) is 19.1. The molecular formula is C35H33N9O2. The summed E-state index contributed by atoms with van der Waals surface area (Å²) >= 11 is 0. The average molecular weight is 612 g/mol. The molecule has 0 atom stereocenters. The molecule has 0 saturated carbocycles. The fraction of sp³-hybridized carbons (Fsp3) is 0.114. The molecular weight excluding hydrogens is 578 g/mol. The van der Waals surface area contributed by atoms with Crippen LogP contribution in [-0.2, 0) is 6.54 Å². The van der Waals surface area contributed by atoms with Crippen LogP contribution in [0.2, 0.25) is 0 Å². The van der Waals surface area contributed by atoms with Crippen molar-refractivity contribution in [2.45, 2.75) is 20.4 Å². The first kappa shape index (κ1) is 29.8. The maximum atomic E-state index is 12.8. The maximum Gasteiger partial charge on any atom is 0.161 e. The molecule has 2 aromatic carbocycles. The fourth-order valence-corrected chi connectivity index (χ4v) is 5.09. The zero-order valence-corrected chi connectivity index (χ0v) is 25.7. The van der Waals surface area contributed by atoms with Crippen LogP contribution >= 0.6 is 0 Å². The van der Waals surface area contributed by atoms with Gasteiger partial charge >= 0.3 is 0 Å². The van der Waals surface area contributed by atoms with Gasteiger partial charge in [-0.05, 0) is 86.2 Å². The summed E-state index contributed by atoms with van der Waals surface area (Å²) in [5, 5.41) is 7.73. The molecule has 5 N–H and O–H groups in total. The van der Waals surface area contributed by atoms with E-state index in [9.17, 15) is 4.79 Å². The number of pyridine rings is 2. The molecule has 6 aromatic rings. The number of allylic oxidation sites excluding steroid dienone is 3. The number of ketones is 1. The van der Waals surface area contributed by atoms with Gasteiger partial charge < -0.3 is 21.5 Å². The molecule has 46 heavy (non-hydrogen) atoms. The maximum absolute atomic E-state index is 12.8. The van der Waals surface area contributed by atoms with Gasteiger partial charge in [-0.15, -0.1) is 0 Å². The first-order valence-corrected chi connectivity index (χ1v) is 14.6. The molecule has 0 amide bonds. The van der Waals surface area contributed by atoms with Crippen molar-refractivity contribution in [1.29, 1.82) is 0 Å². The van der Waals surface area contributed by atoms with E-state index in [1.807, 2.05) is 76.1 Å². The minimum absolute atomic E-state index is 0.101. The molecule has 11 heteroatoms. The number of fused-ring (bicyclic) bond motifs is 1. The van der Waals surface area contributed by atoms with Crippen LogP contribution in [0.5, 0.6) is 5.75 Å². The zero-order chi connectivity index (χ0) is 32.2. The predicted octanol–water partition coefficient (Wildman–Crippen LogP) is 5.68. The van der Waals surface area contributed by atoms with Crippen LogP contribution in [0.25, 0.3) is 39.4 Å². The normalized spacial score (nSPS) is 12.0. The lowest BCUT2D eigenvalue weighted by Crippen LogP contribution is -2.08. The summed E-state index contributed by atoms with van der Waals surface area (Å²) in [6.45, 7) is 3.91. The third kappa shape index (κ3) is 6.34. The van der Waals surface area contributed by atoms with Crippen molar-refractivity contribution in [3.63, 3.8) is 0 Å². The van der Waals surface area contributed by atoms with Gasteiger partial charge in [-0.25, -0.2) is 9.97 Å². The number of carbonyl (C=O) groups excluding carboxylic acids is 1. The molecule has 0 fully saturated rings. The molecule has 0 aliphatic heterocycles. The van der Waals surface area contributed by atoms with Gasteiger partial charge in [0, 0.05) is 40.5 Å². The molecule has 230 valence electrons. The largest absolute Gasteiger partial charge is 0.497 e. The molecule has 4 aromatic heterocycles. The highest BCUT2D eigenvalue weighted by Crippen LogP contribution is 2.33. The van der Waals surface area contributed by atoms with E-state index in [1.54, 1.807) is 51.0 Å². The van der Waals surface area contributed by atoms with Crippen molar-refractivity contribution in [1.82, 2.24) is 29.3 Å². The second-order valence-corrected chi connectivity index (χ2v) is 10.8. The molecule has 4 heterocycles. The Bertz CT molecular complexity index is 2100. The van der Waals surface area contributed by atoms with Gasteiger partial charge in [-0.3, -0.25) is 19.0 Å². The second-order valence-electron chi connectivity index (χ2n) is 10.8. The van der Waals surface area contributed by atoms with Gasteiger partial charge in [0.05, 0.1) is 42.3 Å². The van der Waals surface area contributed by atoms with Crippen LogP contribution in [0.15, 0.2) is 115 Å². The predicted molar refractivity (Wildman–Crippen MR) is 179 cm³/mol. The van der Waals surface area contributed by atoms with E-state index < -0.39 is 0 Å². The van der Waals surface area contributed by atoms with Gasteiger partial charge in [-0.2, -0.15) is 5.10 Å². The lowest BCUT2D eigenvalue weighted by molar-refractivity contribution is 0.101. The fourth-order valence-electron chi connectivity index (χ4n) is 5.09. The Morgan fingerprint density at radius 1 is 0.978 bits per heavy atom. The highest BCUT2D eigenvalue weighted by molar-refractivity contribution is 6.01. The quantitative estimate of drug-likeness (QED) is 0.131. The number of hydrogen-bond donors (Lipinski definition) is 3. The Hall–Kier alpha value is -6.23. The third-order valence-corrected chi connectivity index (χ3v) is 7.34. The summed E-state index contributed by atoms with van der Waals surface area (Å²) < 4.78 is 9.00. The van der Waals surface area contributed by atoms with Crippen LogP contribution in [0.3, 0.4) is 0 Å². The van der Waals surface area contributed by atoms with E-state index in [4.69, 9.17) is 26.2 Å². The van der Waals surface area contributed by atoms with E-state index in [-0.39, 0.29) is 5.78 Å². The number of ether oxygens (including phenoxy) is 1. The minimum atomic E-state index is -0.101. The molecule has 0 aliphatic carbocycles. The van der Waals surface area contributed by atoms with E-state index in [0.717, 1.165) is 39.2 Å². The standard InChI is InChI=1S/C35H33N9O2/c1-22(36)6-14-32(37)41-26-9-13-31-30(17-26)39-21-44(31)33-15-12-28(23(2)45)35(42-33)29-5-4-16-38-34(29)25-18-40-43(20-25)19-24-7-10-27(46-3)11-8-24/h4-18,20-21,41H,19,36-37H2,1-3H3/b22-6-,32-14+. The van der Waals surface area contributed by atoms with Crippen molar-refractivity contribution < 1.29 is 9.53 Å². The molecule has 0 saturated heterocycles. The number of nitrogens with two attached hydrogens (primary N) is 2. The second kappa shape index (κ2) is 12.8. The van der Waals surface area contributed by atoms with Crippen LogP contribution < -0.4 is 21.5 Å². The van der Waals surface area contributed by atoms with Crippen LogP contribution in [0, 0.1) is 0 Å². The number of benzene rings is 2. The summed E-state index contributed by atoms with van der Waals surface area (Å²) in [6.07, 6.45) is 10.6. The number of nitrogens with zero attached hydrogens (tertiary/aromatic N) is 6. The number of rotatable bonds is 10. The molecule has 0 aliphatic rings. The van der Waals surface area contributed by atoms with Crippen LogP contribution in [0.4, 0.5) is 5.69 Å². The van der Waals surface area contributed by atoms with Crippen molar-refractivity contribution in [3.05, 3.63) is 126 Å². The van der Waals surface area contributed by atoms with Crippen molar-refractivity contribution in [3.8, 4) is 34.1 Å². The minimum Gasteiger partial charge on any atom is -0.497 e. The molecule has 0 radical (unpaired) electrons. The Kier molecular flexibility index (Phi) is 8.29. The van der Waals surface area contributed by atoms with Crippen LogP contribution in [-0.4, -0.2) is 42.2 Å². The Balaban J connectivity index is 1.34. The zero-order valence-electron chi connectivity index (χ0n) is 25.7. The third-order valence-electron chi connectivity index (χ3n) is 7.34. The lowest BCUT2D eigenvalue weighted by Gasteiger charge is -2.13.